The summed E-state index contributed by atoms with van der Waals surface area (Å²) >= 11 is 6.32. The fourth-order valence-corrected chi connectivity index (χ4v) is 2.94. The van der Waals surface area contributed by atoms with Gasteiger partial charge in [-0.15, -0.1) is 0 Å². The Hall–Kier alpha value is -3.46. The van der Waals surface area contributed by atoms with Crippen LogP contribution in [0.4, 0.5) is 11.6 Å². The van der Waals surface area contributed by atoms with E-state index in [2.05, 4.69) is 30.5 Å². The van der Waals surface area contributed by atoms with Crippen LogP contribution in [0, 0.1) is 0 Å². The van der Waals surface area contributed by atoms with E-state index < -0.39 is 0 Å². The van der Waals surface area contributed by atoms with Crippen LogP contribution in [0.1, 0.15) is 6.92 Å². The van der Waals surface area contributed by atoms with Crippen molar-refractivity contribution >= 4 is 23.2 Å². The molecule has 0 saturated carbocycles. The molecule has 0 aliphatic heterocycles. The molecule has 4 aromatic rings. The van der Waals surface area contributed by atoms with Crippen LogP contribution in [0.5, 0.6) is 5.75 Å². The van der Waals surface area contributed by atoms with Gasteiger partial charge in [-0.2, -0.15) is 10.2 Å². The molecule has 0 radical (unpaired) electrons. The number of nitrogens with zero attached hydrogens (tertiary/aromatic N) is 7. The van der Waals surface area contributed by atoms with Crippen molar-refractivity contribution in [2.45, 2.75) is 19.6 Å². The lowest BCUT2D eigenvalue weighted by Crippen LogP contribution is -2.20. The van der Waals surface area contributed by atoms with Crippen LogP contribution >= 0.6 is 11.6 Å². The second-order valence-corrected chi connectivity index (χ2v) is 6.92. The standard InChI is InChI=1S/C19H19ClN8O/c1-13(9-28-12-21-11-25-28)29-18-5-14(3-4-17(18)20)15-6-22-19(23-7-15)26-16-8-24-27(2)10-16/h3-8,10-13H,9H2,1-2H3,(H,22,23,26)/t13-/m0/s1. The summed E-state index contributed by atoms with van der Waals surface area (Å²) in [6.45, 7) is 2.52. The van der Waals surface area contributed by atoms with E-state index in [1.54, 1.807) is 40.3 Å². The number of rotatable bonds is 7. The zero-order chi connectivity index (χ0) is 20.2. The number of anilines is 2. The number of hydrogen-bond donors (Lipinski definition) is 1. The minimum atomic E-state index is -0.133. The van der Waals surface area contributed by atoms with Crippen molar-refractivity contribution in [2.24, 2.45) is 7.05 Å². The first-order valence-electron chi connectivity index (χ1n) is 8.93. The number of ether oxygens (including phenoxy) is 1. The van der Waals surface area contributed by atoms with E-state index in [0.717, 1.165) is 16.8 Å². The van der Waals surface area contributed by atoms with Crippen molar-refractivity contribution in [2.75, 3.05) is 5.32 Å². The molecular weight excluding hydrogens is 392 g/mol. The Balaban J connectivity index is 1.47. The van der Waals surface area contributed by atoms with Gasteiger partial charge in [-0.1, -0.05) is 17.7 Å². The summed E-state index contributed by atoms with van der Waals surface area (Å²) in [6.07, 6.45) is 10.1. The minimum Gasteiger partial charge on any atom is -0.487 e. The van der Waals surface area contributed by atoms with Crippen molar-refractivity contribution in [3.63, 3.8) is 0 Å². The highest BCUT2D eigenvalue weighted by atomic mass is 35.5. The number of hydrogen-bond acceptors (Lipinski definition) is 7. The Morgan fingerprint density at radius 2 is 1.97 bits per heavy atom. The largest absolute Gasteiger partial charge is 0.487 e. The zero-order valence-electron chi connectivity index (χ0n) is 15.9. The van der Waals surface area contributed by atoms with Crippen LogP contribution in [0.15, 0.2) is 55.6 Å². The first kappa shape index (κ1) is 18.9. The summed E-state index contributed by atoms with van der Waals surface area (Å²) in [4.78, 5) is 12.7. The number of aromatic nitrogens is 7. The fourth-order valence-electron chi connectivity index (χ4n) is 2.77. The van der Waals surface area contributed by atoms with Crippen LogP contribution < -0.4 is 10.1 Å². The van der Waals surface area contributed by atoms with E-state index in [4.69, 9.17) is 16.3 Å². The molecule has 0 fully saturated rings. The van der Waals surface area contributed by atoms with Gasteiger partial charge in [0.05, 0.1) is 23.5 Å². The molecule has 4 rings (SSSR count). The second-order valence-electron chi connectivity index (χ2n) is 6.51. The molecule has 1 aromatic carbocycles. The van der Waals surface area contributed by atoms with Gasteiger partial charge in [0.25, 0.3) is 0 Å². The minimum absolute atomic E-state index is 0.133. The topological polar surface area (TPSA) is 95.6 Å². The molecule has 0 spiro atoms. The van der Waals surface area contributed by atoms with E-state index in [0.29, 0.717) is 23.3 Å². The van der Waals surface area contributed by atoms with Crippen molar-refractivity contribution < 1.29 is 4.74 Å². The van der Waals surface area contributed by atoms with Crippen molar-refractivity contribution in [1.82, 2.24) is 34.5 Å². The van der Waals surface area contributed by atoms with E-state index in [1.165, 1.54) is 6.33 Å². The predicted octanol–water partition coefficient (Wildman–Crippen LogP) is 3.33. The third kappa shape index (κ3) is 4.69. The zero-order valence-corrected chi connectivity index (χ0v) is 16.7. The monoisotopic (exact) mass is 410 g/mol. The van der Waals surface area contributed by atoms with Gasteiger partial charge in [-0.25, -0.2) is 19.6 Å². The lowest BCUT2D eigenvalue weighted by molar-refractivity contribution is 0.194. The van der Waals surface area contributed by atoms with Gasteiger partial charge in [-0.3, -0.25) is 4.68 Å². The molecule has 9 nitrogen and oxygen atoms in total. The summed E-state index contributed by atoms with van der Waals surface area (Å²) in [6, 6.07) is 5.59. The van der Waals surface area contributed by atoms with Crippen molar-refractivity contribution in [3.05, 3.63) is 60.7 Å². The number of aryl methyl sites for hydroxylation is 1. The van der Waals surface area contributed by atoms with Gasteiger partial charge < -0.3 is 10.1 Å². The Morgan fingerprint density at radius 1 is 1.14 bits per heavy atom. The molecule has 0 amide bonds. The Bertz CT molecular complexity index is 1080. The van der Waals surface area contributed by atoms with Gasteiger partial charge in [0.1, 0.15) is 24.5 Å². The first-order chi connectivity index (χ1) is 14.1. The molecule has 0 saturated heterocycles. The number of halogens is 1. The third-order valence-electron chi connectivity index (χ3n) is 4.12. The molecule has 148 valence electrons. The number of benzene rings is 1. The molecule has 10 heteroatoms. The quantitative estimate of drug-likeness (QED) is 0.499. The molecule has 3 aromatic heterocycles. The van der Waals surface area contributed by atoms with Crippen molar-refractivity contribution in [1.29, 1.82) is 0 Å². The van der Waals surface area contributed by atoms with Crippen LogP contribution in [0.3, 0.4) is 0 Å². The maximum atomic E-state index is 6.32. The van der Waals surface area contributed by atoms with Gasteiger partial charge in [0.2, 0.25) is 5.95 Å². The molecule has 1 atom stereocenters. The smallest absolute Gasteiger partial charge is 0.227 e. The molecule has 0 unspecified atom stereocenters. The summed E-state index contributed by atoms with van der Waals surface area (Å²) in [7, 11) is 1.85. The number of nitrogens with one attached hydrogen (secondary N) is 1. The molecule has 29 heavy (non-hydrogen) atoms. The van der Waals surface area contributed by atoms with Gasteiger partial charge >= 0.3 is 0 Å². The van der Waals surface area contributed by atoms with Crippen LogP contribution in [0.25, 0.3) is 11.1 Å². The van der Waals surface area contributed by atoms with E-state index in [-0.39, 0.29) is 6.10 Å². The fraction of sp³-hybridized carbons (Fsp3) is 0.211. The van der Waals surface area contributed by atoms with Gasteiger partial charge in [0, 0.05) is 31.2 Å². The lowest BCUT2D eigenvalue weighted by atomic mass is 10.1. The molecule has 3 heterocycles. The van der Waals surface area contributed by atoms with E-state index >= 15 is 0 Å². The maximum Gasteiger partial charge on any atom is 0.227 e. The van der Waals surface area contributed by atoms with Crippen LogP contribution in [0.2, 0.25) is 5.02 Å². The molecule has 0 bridgehead atoms. The second kappa shape index (κ2) is 8.27. The molecule has 1 N–H and O–H groups in total. The van der Waals surface area contributed by atoms with Crippen molar-refractivity contribution in [3.8, 4) is 16.9 Å². The van der Waals surface area contributed by atoms with Crippen LogP contribution in [-0.4, -0.2) is 40.6 Å². The summed E-state index contributed by atoms with van der Waals surface area (Å²) < 4.78 is 9.42. The summed E-state index contributed by atoms with van der Waals surface area (Å²) in [5.41, 5.74) is 2.58. The normalized spacial score (nSPS) is 12.0. The highest BCUT2D eigenvalue weighted by Crippen LogP contribution is 2.31. The highest BCUT2D eigenvalue weighted by Gasteiger charge is 2.11. The molecule has 0 aliphatic carbocycles. The summed E-state index contributed by atoms with van der Waals surface area (Å²) in [5, 5.41) is 11.8. The highest BCUT2D eigenvalue weighted by molar-refractivity contribution is 6.32. The molecule has 0 aliphatic rings. The van der Waals surface area contributed by atoms with Gasteiger partial charge in [-0.05, 0) is 24.6 Å². The third-order valence-corrected chi connectivity index (χ3v) is 4.43. The first-order valence-corrected chi connectivity index (χ1v) is 9.31. The average Bonchev–Trinajstić information content (AvgIpc) is 3.36. The van der Waals surface area contributed by atoms with Crippen LogP contribution in [-0.2, 0) is 13.6 Å². The maximum absolute atomic E-state index is 6.32. The van der Waals surface area contributed by atoms with E-state index in [1.807, 2.05) is 32.3 Å². The Kier molecular flexibility index (Phi) is 5.39. The van der Waals surface area contributed by atoms with E-state index in [9.17, 15) is 0 Å². The predicted molar refractivity (Wildman–Crippen MR) is 109 cm³/mol. The average molecular weight is 411 g/mol. The molecular formula is C19H19ClN8O. The van der Waals surface area contributed by atoms with Gasteiger partial charge in [0.15, 0.2) is 0 Å². The lowest BCUT2D eigenvalue weighted by Gasteiger charge is -2.16. The SMILES string of the molecule is C[C@@H](Cn1cncn1)Oc1cc(-c2cnc(Nc3cnn(C)c3)nc2)ccc1Cl. The summed E-state index contributed by atoms with van der Waals surface area (Å²) in [5.74, 6) is 1.09. The Labute approximate surface area is 172 Å². The Morgan fingerprint density at radius 3 is 2.66 bits per heavy atom.